The maximum absolute atomic E-state index is 11.7. The van der Waals surface area contributed by atoms with Crippen LogP contribution < -0.4 is 9.47 Å². The Hall–Kier alpha value is -3.09. The lowest BCUT2D eigenvalue weighted by atomic mass is 10.3. The number of aromatic nitrogens is 3. The van der Waals surface area contributed by atoms with E-state index < -0.39 is 5.97 Å². The van der Waals surface area contributed by atoms with Gasteiger partial charge in [-0.05, 0) is 24.3 Å². The number of ether oxygens (including phenoxy) is 3. The molecule has 7 heteroatoms. The molecule has 0 saturated heterocycles. The second-order valence-corrected chi connectivity index (χ2v) is 4.68. The summed E-state index contributed by atoms with van der Waals surface area (Å²) in [4.78, 5) is 16.1. The van der Waals surface area contributed by atoms with Crippen molar-refractivity contribution in [3.05, 3.63) is 54.0 Å². The maximum atomic E-state index is 11.7. The smallest absolute Gasteiger partial charge is 0.341 e. The first kappa shape index (κ1) is 14.8. The summed E-state index contributed by atoms with van der Waals surface area (Å²) in [6, 6.07) is 10.6. The molecular formula is C16H15N3O4. The van der Waals surface area contributed by atoms with Crippen molar-refractivity contribution < 1.29 is 19.0 Å². The zero-order valence-electron chi connectivity index (χ0n) is 12.7. The fourth-order valence-electron chi connectivity index (χ4n) is 2.12. The number of methoxy groups -OCH3 is 2. The van der Waals surface area contributed by atoms with E-state index in [-0.39, 0.29) is 6.61 Å². The van der Waals surface area contributed by atoms with Crippen LogP contribution in [0.25, 0.3) is 5.65 Å². The normalized spacial score (nSPS) is 10.5. The van der Waals surface area contributed by atoms with Crippen molar-refractivity contribution in [3.8, 4) is 11.5 Å². The van der Waals surface area contributed by atoms with Crippen LogP contribution in [0.4, 0.5) is 0 Å². The highest BCUT2D eigenvalue weighted by Crippen LogP contribution is 2.19. The molecule has 3 aromatic rings. The van der Waals surface area contributed by atoms with Gasteiger partial charge in [-0.2, -0.15) is 0 Å². The number of hydrogen-bond acceptors (Lipinski definition) is 6. The van der Waals surface area contributed by atoms with Crippen LogP contribution in [0.15, 0.2) is 42.6 Å². The molecule has 3 rings (SSSR count). The highest BCUT2D eigenvalue weighted by Gasteiger charge is 2.14. The van der Waals surface area contributed by atoms with Gasteiger partial charge in [-0.15, -0.1) is 5.10 Å². The van der Waals surface area contributed by atoms with Gasteiger partial charge in [0.1, 0.15) is 23.7 Å². The van der Waals surface area contributed by atoms with Crippen molar-refractivity contribution in [1.82, 2.24) is 14.6 Å². The third kappa shape index (κ3) is 3.08. The molecule has 1 aromatic carbocycles. The SMILES string of the molecule is COC(=O)c1cccn2nc(COc3cccc(OC)c3)nc12. The number of rotatable bonds is 5. The molecule has 0 amide bonds. The Labute approximate surface area is 132 Å². The van der Waals surface area contributed by atoms with Crippen LogP contribution in [0.2, 0.25) is 0 Å². The topological polar surface area (TPSA) is 75.0 Å². The molecule has 7 nitrogen and oxygen atoms in total. The average Bonchev–Trinajstić information content (AvgIpc) is 3.02. The van der Waals surface area contributed by atoms with Crippen LogP contribution in [0.5, 0.6) is 11.5 Å². The quantitative estimate of drug-likeness (QED) is 0.672. The number of fused-ring (bicyclic) bond motifs is 1. The van der Waals surface area contributed by atoms with E-state index in [0.29, 0.717) is 28.5 Å². The van der Waals surface area contributed by atoms with Gasteiger partial charge in [-0.3, -0.25) is 0 Å². The molecule has 0 N–H and O–H groups in total. The monoisotopic (exact) mass is 313 g/mol. The number of nitrogens with zero attached hydrogens (tertiary/aromatic N) is 3. The molecule has 0 saturated carbocycles. The molecular weight excluding hydrogens is 298 g/mol. The maximum Gasteiger partial charge on any atom is 0.341 e. The fraction of sp³-hybridized carbons (Fsp3) is 0.188. The Bertz CT molecular complexity index is 844. The lowest BCUT2D eigenvalue weighted by Gasteiger charge is -2.05. The largest absolute Gasteiger partial charge is 0.497 e. The highest BCUT2D eigenvalue weighted by atomic mass is 16.5. The Morgan fingerprint density at radius 1 is 1.17 bits per heavy atom. The van der Waals surface area contributed by atoms with Crippen LogP contribution in [-0.2, 0) is 11.3 Å². The number of carbonyl (C=O) groups excluding carboxylic acids is 1. The number of esters is 1. The number of carbonyl (C=O) groups is 1. The summed E-state index contributed by atoms with van der Waals surface area (Å²) in [6.45, 7) is 0.176. The van der Waals surface area contributed by atoms with E-state index in [1.54, 1.807) is 31.5 Å². The minimum absolute atomic E-state index is 0.176. The molecule has 0 fully saturated rings. The summed E-state index contributed by atoms with van der Waals surface area (Å²) in [7, 11) is 2.92. The molecule has 2 aromatic heterocycles. The first-order valence-corrected chi connectivity index (χ1v) is 6.90. The summed E-state index contributed by atoms with van der Waals surface area (Å²) in [5, 5.41) is 4.29. The second-order valence-electron chi connectivity index (χ2n) is 4.68. The third-order valence-corrected chi connectivity index (χ3v) is 3.22. The lowest BCUT2D eigenvalue weighted by Crippen LogP contribution is -2.04. The minimum Gasteiger partial charge on any atom is -0.497 e. The molecule has 2 heterocycles. The van der Waals surface area contributed by atoms with Crippen LogP contribution in [0.1, 0.15) is 16.2 Å². The van der Waals surface area contributed by atoms with Crippen LogP contribution in [0.3, 0.4) is 0 Å². The molecule has 23 heavy (non-hydrogen) atoms. The summed E-state index contributed by atoms with van der Waals surface area (Å²) in [5.41, 5.74) is 0.790. The molecule has 0 spiro atoms. The molecule has 0 aliphatic carbocycles. The van der Waals surface area contributed by atoms with E-state index in [9.17, 15) is 4.79 Å². The second kappa shape index (κ2) is 6.35. The van der Waals surface area contributed by atoms with Gasteiger partial charge in [-0.25, -0.2) is 14.3 Å². The Balaban J connectivity index is 1.82. The van der Waals surface area contributed by atoms with Gasteiger partial charge in [0.2, 0.25) is 0 Å². The van der Waals surface area contributed by atoms with E-state index >= 15 is 0 Å². The molecule has 0 radical (unpaired) electrons. The van der Waals surface area contributed by atoms with Crippen LogP contribution >= 0.6 is 0 Å². The molecule has 0 unspecified atom stereocenters. The summed E-state index contributed by atoms with van der Waals surface area (Å²) in [5.74, 6) is 1.36. The van der Waals surface area contributed by atoms with Crippen LogP contribution in [-0.4, -0.2) is 34.8 Å². The zero-order valence-corrected chi connectivity index (χ0v) is 12.7. The Morgan fingerprint density at radius 2 is 2.00 bits per heavy atom. The predicted octanol–water partition coefficient (Wildman–Crippen LogP) is 2.10. The first-order chi connectivity index (χ1) is 11.2. The average molecular weight is 313 g/mol. The van der Waals surface area contributed by atoms with Gasteiger partial charge in [0.15, 0.2) is 11.5 Å². The van der Waals surface area contributed by atoms with E-state index in [2.05, 4.69) is 10.1 Å². The first-order valence-electron chi connectivity index (χ1n) is 6.90. The number of pyridine rings is 1. The van der Waals surface area contributed by atoms with Crippen molar-refractivity contribution in [1.29, 1.82) is 0 Å². The van der Waals surface area contributed by atoms with Crippen molar-refractivity contribution in [3.63, 3.8) is 0 Å². The van der Waals surface area contributed by atoms with Gasteiger partial charge in [0.05, 0.1) is 14.2 Å². The van der Waals surface area contributed by atoms with E-state index in [1.165, 1.54) is 11.6 Å². The van der Waals surface area contributed by atoms with Crippen LogP contribution in [0, 0.1) is 0 Å². The van der Waals surface area contributed by atoms with Crippen molar-refractivity contribution in [2.75, 3.05) is 14.2 Å². The van der Waals surface area contributed by atoms with E-state index in [1.807, 2.05) is 18.2 Å². The van der Waals surface area contributed by atoms with Crippen molar-refractivity contribution >= 4 is 11.6 Å². The number of hydrogen-bond donors (Lipinski definition) is 0. The number of benzene rings is 1. The van der Waals surface area contributed by atoms with Gasteiger partial charge < -0.3 is 14.2 Å². The molecule has 0 atom stereocenters. The van der Waals surface area contributed by atoms with E-state index in [4.69, 9.17) is 14.2 Å². The van der Waals surface area contributed by atoms with Gasteiger partial charge in [0, 0.05) is 12.3 Å². The summed E-state index contributed by atoms with van der Waals surface area (Å²) >= 11 is 0. The molecule has 0 aliphatic heterocycles. The lowest BCUT2D eigenvalue weighted by molar-refractivity contribution is 0.0602. The summed E-state index contributed by atoms with van der Waals surface area (Å²) in [6.07, 6.45) is 1.71. The van der Waals surface area contributed by atoms with E-state index in [0.717, 1.165) is 0 Å². The predicted molar refractivity (Wildman–Crippen MR) is 81.7 cm³/mol. The Morgan fingerprint density at radius 3 is 2.78 bits per heavy atom. The fourth-order valence-corrected chi connectivity index (χ4v) is 2.12. The standard InChI is InChI=1S/C16H15N3O4/c1-21-11-5-3-6-12(9-11)23-10-14-17-15-13(16(20)22-2)7-4-8-19(15)18-14/h3-9H,10H2,1-2H3. The summed E-state index contributed by atoms with van der Waals surface area (Å²) < 4.78 is 17.1. The molecule has 0 aliphatic rings. The molecule has 118 valence electrons. The zero-order chi connectivity index (χ0) is 16.2. The Kier molecular flexibility index (Phi) is 4.09. The van der Waals surface area contributed by atoms with Gasteiger partial charge in [-0.1, -0.05) is 6.07 Å². The van der Waals surface area contributed by atoms with Gasteiger partial charge in [0.25, 0.3) is 0 Å². The van der Waals surface area contributed by atoms with Gasteiger partial charge >= 0.3 is 5.97 Å². The molecule has 0 bridgehead atoms. The highest BCUT2D eigenvalue weighted by molar-refractivity contribution is 5.95. The van der Waals surface area contributed by atoms with Crippen molar-refractivity contribution in [2.24, 2.45) is 0 Å². The minimum atomic E-state index is -0.455. The third-order valence-electron chi connectivity index (χ3n) is 3.22. The van der Waals surface area contributed by atoms with Crippen molar-refractivity contribution in [2.45, 2.75) is 6.61 Å².